The van der Waals surface area contributed by atoms with E-state index in [2.05, 4.69) is 48.7 Å². The highest BCUT2D eigenvalue weighted by Gasteiger charge is 2.31. The van der Waals surface area contributed by atoms with Gasteiger partial charge < -0.3 is 4.57 Å². The van der Waals surface area contributed by atoms with Gasteiger partial charge in [-0.2, -0.15) is 8.42 Å². The molecule has 6 heteroatoms. The SMILES string of the molecule is Cc1ccc(S(=O)(=O)OC2CCc3c(c4cccc(-c5ccc(F)cc5)c4n3Cc3cc(C)ccc3C)C2)cc1. The summed E-state index contributed by atoms with van der Waals surface area (Å²) in [5, 5.41) is 1.09. The second-order valence-electron chi connectivity index (χ2n) is 10.9. The van der Waals surface area contributed by atoms with Gasteiger partial charge in [-0.05, 0) is 80.1 Å². The minimum atomic E-state index is -3.88. The van der Waals surface area contributed by atoms with Gasteiger partial charge in [0.1, 0.15) is 5.82 Å². The molecule has 0 saturated heterocycles. The molecule has 1 aromatic heterocycles. The molecule has 0 aliphatic heterocycles. The average Bonchev–Trinajstić information content (AvgIpc) is 3.24. The van der Waals surface area contributed by atoms with E-state index in [0.717, 1.165) is 33.2 Å². The summed E-state index contributed by atoms with van der Waals surface area (Å²) in [7, 11) is -3.88. The summed E-state index contributed by atoms with van der Waals surface area (Å²) in [5.41, 5.74) is 10.1. The number of aryl methyl sites for hydroxylation is 3. The Hall–Kier alpha value is -3.74. The van der Waals surface area contributed by atoms with E-state index in [0.29, 0.717) is 25.8 Å². The molecular formula is C34H32FNO3S. The summed E-state index contributed by atoms with van der Waals surface area (Å²) in [5.74, 6) is -0.268. The van der Waals surface area contributed by atoms with E-state index >= 15 is 0 Å². The molecule has 5 aromatic rings. The maximum atomic E-state index is 13.8. The Bertz CT molecular complexity index is 1820. The lowest BCUT2D eigenvalue weighted by Gasteiger charge is -2.24. The Labute approximate surface area is 235 Å². The van der Waals surface area contributed by atoms with Crippen LogP contribution in [-0.4, -0.2) is 19.1 Å². The average molecular weight is 554 g/mol. The summed E-state index contributed by atoms with van der Waals surface area (Å²) in [6.07, 6.45) is 1.36. The second kappa shape index (κ2) is 10.3. The summed E-state index contributed by atoms with van der Waals surface area (Å²) in [6, 6.07) is 26.1. The maximum absolute atomic E-state index is 13.8. The van der Waals surface area contributed by atoms with Crippen molar-refractivity contribution in [1.29, 1.82) is 0 Å². The monoisotopic (exact) mass is 553 g/mol. The van der Waals surface area contributed by atoms with E-state index in [1.807, 2.05) is 25.1 Å². The van der Waals surface area contributed by atoms with Crippen LogP contribution in [0.5, 0.6) is 0 Å². The van der Waals surface area contributed by atoms with Crippen molar-refractivity contribution < 1.29 is 17.0 Å². The van der Waals surface area contributed by atoms with E-state index in [9.17, 15) is 12.8 Å². The Kier molecular flexibility index (Phi) is 6.85. The van der Waals surface area contributed by atoms with Crippen LogP contribution in [0.15, 0.2) is 89.8 Å². The zero-order chi connectivity index (χ0) is 28.0. The number of aromatic nitrogens is 1. The molecule has 0 amide bonds. The normalized spacial score (nSPS) is 15.3. The molecule has 6 rings (SSSR count). The van der Waals surface area contributed by atoms with Gasteiger partial charge in [0.2, 0.25) is 0 Å². The fraction of sp³-hybridized carbons (Fsp3) is 0.235. The van der Waals surface area contributed by atoms with Crippen LogP contribution in [0, 0.1) is 26.6 Å². The van der Waals surface area contributed by atoms with Gasteiger partial charge in [-0.25, -0.2) is 4.39 Å². The van der Waals surface area contributed by atoms with E-state index in [1.54, 1.807) is 24.3 Å². The molecule has 0 radical (unpaired) electrons. The standard InChI is InChI=1S/C34H32FNO3S/c1-22-8-16-29(17-9-22)40(37,38)39-28-15-18-33-32(20-28)31-6-4-5-30(25-11-13-27(35)14-12-25)34(31)36(33)21-26-19-23(2)7-10-24(26)3/h4-14,16-17,19,28H,15,18,20-21H2,1-3H3. The predicted molar refractivity (Wildman–Crippen MR) is 158 cm³/mol. The Morgan fingerprint density at radius 1 is 0.900 bits per heavy atom. The van der Waals surface area contributed by atoms with Crippen LogP contribution in [0.3, 0.4) is 0 Å². The van der Waals surface area contributed by atoms with Gasteiger partial charge >= 0.3 is 0 Å². The Morgan fingerprint density at radius 2 is 1.62 bits per heavy atom. The number of benzene rings is 4. The van der Waals surface area contributed by atoms with Gasteiger partial charge in [-0.3, -0.25) is 4.18 Å². The zero-order valence-corrected chi connectivity index (χ0v) is 23.8. The topological polar surface area (TPSA) is 48.3 Å². The van der Waals surface area contributed by atoms with E-state index in [-0.39, 0.29) is 10.7 Å². The second-order valence-corrected chi connectivity index (χ2v) is 12.5. The molecule has 0 spiro atoms. The van der Waals surface area contributed by atoms with Crippen LogP contribution < -0.4 is 0 Å². The smallest absolute Gasteiger partial charge is 0.297 e. The van der Waals surface area contributed by atoms with Gasteiger partial charge in [0.05, 0.1) is 16.5 Å². The van der Waals surface area contributed by atoms with Crippen LogP contribution in [-0.2, 0) is 33.7 Å². The summed E-state index contributed by atoms with van der Waals surface area (Å²) in [4.78, 5) is 0.180. The van der Waals surface area contributed by atoms with Crippen LogP contribution in [0.1, 0.15) is 39.9 Å². The lowest BCUT2D eigenvalue weighted by atomic mass is 9.92. The first-order valence-electron chi connectivity index (χ1n) is 13.6. The summed E-state index contributed by atoms with van der Waals surface area (Å²) >= 11 is 0. The van der Waals surface area contributed by atoms with Crippen molar-refractivity contribution in [2.45, 2.75) is 57.6 Å². The molecule has 204 valence electrons. The minimum absolute atomic E-state index is 0.180. The Balaban J connectivity index is 1.45. The molecule has 40 heavy (non-hydrogen) atoms. The molecule has 1 aliphatic rings. The quantitative estimate of drug-likeness (QED) is 0.203. The van der Waals surface area contributed by atoms with E-state index in [4.69, 9.17) is 4.18 Å². The third kappa shape index (κ3) is 4.98. The van der Waals surface area contributed by atoms with Crippen molar-refractivity contribution >= 4 is 21.0 Å². The van der Waals surface area contributed by atoms with Crippen molar-refractivity contribution in [2.75, 3.05) is 0 Å². The van der Waals surface area contributed by atoms with Gasteiger partial charge in [0, 0.05) is 29.6 Å². The van der Waals surface area contributed by atoms with Gasteiger partial charge in [-0.15, -0.1) is 0 Å². The number of hydrogen-bond acceptors (Lipinski definition) is 3. The Morgan fingerprint density at radius 3 is 2.38 bits per heavy atom. The highest BCUT2D eigenvalue weighted by molar-refractivity contribution is 7.86. The zero-order valence-electron chi connectivity index (χ0n) is 22.9. The first-order valence-corrected chi connectivity index (χ1v) is 15.1. The number of para-hydroxylation sites is 1. The maximum Gasteiger partial charge on any atom is 0.297 e. The van der Waals surface area contributed by atoms with Crippen molar-refractivity contribution in [3.05, 3.63) is 124 Å². The highest BCUT2D eigenvalue weighted by atomic mass is 32.2. The third-order valence-electron chi connectivity index (χ3n) is 8.00. The summed E-state index contributed by atoms with van der Waals surface area (Å²) < 4.78 is 48.2. The van der Waals surface area contributed by atoms with Crippen molar-refractivity contribution in [3.8, 4) is 11.1 Å². The molecule has 4 nitrogen and oxygen atoms in total. The van der Waals surface area contributed by atoms with Gasteiger partial charge in [0.25, 0.3) is 10.1 Å². The van der Waals surface area contributed by atoms with Gasteiger partial charge in [0.15, 0.2) is 0 Å². The molecular weight excluding hydrogens is 521 g/mol. The molecule has 1 aliphatic carbocycles. The molecule has 1 atom stereocenters. The molecule has 1 heterocycles. The molecule has 1 unspecified atom stereocenters. The largest absolute Gasteiger partial charge is 0.339 e. The number of hydrogen-bond donors (Lipinski definition) is 0. The molecule has 4 aromatic carbocycles. The van der Waals surface area contributed by atoms with Crippen molar-refractivity contribution in [3.63, 3.8) is 0 Å². The lowest BCUT2D eigenvalue weighted by Crippen LogP contribution is -2.26. The number of rotatable bonds is 6. The van der Waals surface area contributed by atoms with Crippen LogP contribution in [0.2, 0.25) is 0 Å². The third-order valence-corrected chi connectivity index (χ3v) is 9.38. The van der Waals surface area contributed by atoms with Crippen LogP contribution >= 0.6 is 0 Å². The fourth-order valence-corrected chi connectivity index (χ4v) is 6.97. The van der Waals surface area contributed by atoms with E-state index < -0.39 is 16.2 Å². The van der Waals surface area contributed by atoms with Crippen molar-refractivity contribution in [1.82, 2.24) is 4.57 Å². The number of halogens is 1. The van der Waals surface area contributed by atoms with Crippen LogP contribution in [0.4, 0.5) is 4.39 Å². The predicted octanol–water partition coefficient (Wildman–Crippen LogP) is 7.68. The molecule has 0 bridgehead atoms. The first kappa shape index (κ1) is 26.5. The fourth-order valence-electron chi connectivity index (χ4n) is 5.87. The number of nitrogens with zero attached hydrogens (tertiary/aromatic N) is 1. The molecule has 0 saturated carbocycles. The van der Waals surface area contributed by atoms with E-state index in [1.165, 1.54) is 34.5 Å². The minimum Gasteiger partial charge on any atom is -0.339 e. The lowest BCUT2D eigenvalue weighted by molar-refractivity contribution is 0.191. The number of fused-ring (bicyclic) bond motifs is 3. The first-order chi connectivity index (χ1) is 19.2. The highest BCUT2D eigenvalue weighted by Crippen LogP contribution is 2.39. The molecule has 0 fully saturated rings. The molecule has 0 N–H and O–H groups in total. The van der Waals surface area contributed by atoms with Crippen molar-refractivity contribution in [2.24, 2.45) is 0 Å². The summed E-state index contributed by atoms with van der Waals surface area (Å²) in [6.45, 7) is 6.86. The van der Waals surface area contributed by atoms with Crippen LogP contribution in [0.25, 0.3) is 22.0 Å². The van der Waals surface area contributed by atoms with Gasteiger partial charge in [-0.1, -0.05) is 71.8 Å².